The molecule has 29 heavy (non-hydrogen) atoms. The van der Waals surface area contributed by atoms with Crippen molar-refractivity contribution in [1.29, 1.82) is 0 Å². The summed E-state index contributed by atoms with van der Waals surface area (Å²) in [6.07, 6.45) is 5.03. The molecule has 3 heterocycles. The Bertz CT molecular complexity index is 894. The fourth-order valence-corrected chi connectivity index (χ4v) is 4.89. The molecule has 0 radical (unpaired) electrons. The highest BCUT2D eigenvalue weighted by atomic mass is 16.5. The third-order valence-corrected chi connectivity index (χ3v) is 6.80. The van der Waals surface area contributed by atoms with Crippen LogP contribution in [0.25, 0.3) is 0 Å². The van der Waals surface area contributed by atoms with Crippen molar-refractivity contribution in [3.63, 3.8) is 0 Å². The summed E-state index contributed by atoms with van der Waals surface area (Å²) in [6.45, 7) is 8.90. The predicted octanol–water partition coefficient (Wildman–Crippen LogP) is 3.93. The minimum absolute atomic E-state index is 0.0622. The van der Waals surface area contributed by atoms with Gasteiger partial charge >= 0.3 is 0 Å². The summed E-state index contributed by atoms with van der Waals surface area (Å²) in [6, 6.07) is 9.06. The summed E-state index contributed by atoms with van der Waals surface area (Å²) in [5, 5.41) is 0. The number of amides is 1. The van der Waals surface area contributed by atoms with Crippen molar-refractivity contribution >= 4 is 5.91 Å². The van der Waals surface area contributed by atoms with Crippen LogP contribution in [0.5, 0.6) is 5.75 Å². The van der Waals surface area contributed by atoms with E-state index in [4.69, 9.17) is 4.74 Å². The fraction of sp³-hybridized carbons (Fsp3) is 0.500. The topological polar surface area (TPSA) is 45.7 Å². The van der Waals surface area contributed by atoms with E-state index >= 15 is 0 Å². The Kier molecular flexibility index (Phi) is 5.59. The van der Waals surface area contributed by atoms with Crippen LogP contribution in [0.3, 0.4) is 0 Å². The number of piperazine rings is 1. The Hall–Kier alpha value is -2.40. The number of carbonyl (C=O) groups is 1. The van der Waals surface area contributed by atoms with Crippen molar-refractivity contribution in [2.45, 2.75) is 52.1 Å². The van der Waals surface area contributed by atoms with Gasteiger partial charge in [-0.25, -0.2) is 0 Å². The van der Waals surface area contributed by atoms with Gasteiger partial charge in [-0.05, 0) is 67.5 Å². The van der Waals surface area contributed by atoms with Gasteiger partial charge in [-0.3, -0.25) is 14.7 Å². The normalized spacial score (nSPS) is 21.9. The molecule has 0 spiro atoms. The molecule has 4 rings (SSSR count). The SMILES string of the molecule is CCc1ccc(C(=O)N2CCN3[C@@H](CC[C@@H]3c3ccc(OC)c(C)c3C)C2)nc1. The van der Waals surface area contributed by atoms with E-state index < -0.39 is 0 Å². The summed E-state index contributed by atoms with van der Waals surface area (Å²) in [4.78, 5) is 21.9. The standard InChI is InChI=1S/C24H31N3O2/c1-5-18-6-9-21(25-14-18)24(28)26-12-13-27-19(15-26)7-10-22(27)20-8-11-23(29-4)17(3)16(20)2/h6,8-9,11,14,19,22H,5,7,10,12-13,15H2,1-4H3/t19-,22+/m0/s1. The molecule has 0 saturated carbocycles. The van der Waals surface area contributed by atoms with Crippen molar-refractivity contribution in [2.24, 2.45) is 0 Å². The zero-order chi connectivity index (χ0) is 20.5. The summed E-state index contributed by atoms with van der Waals surface area (Å²) in [5.41, 5.74) is 5.68. The van der Waals surface area contributed by atoms with Gasteiger partial charge < -0.3 is 9.64 Å². The number of rotatable bonds is 4. The molecule has 2 saturated heterocycles. The van der Waals surface area contributed by atoms with Crippen LogP contribution in [0.15, 0.2) is 30.5 Å². The lowest BCUT2D eigenvalue weighted by atomic mass is 9.95. The van der Waals surface area contributed by atoms with E-state index in [-0.39, 0.29) is 5.91 Å². The molecule has 1 aromatic carbocycles. The molecule has 5 heteroatoms. The largest absolute Gasteiger partial charge is 0.496 e. The second kappa shape index (κ2) is 8.15. The molecule has 154 valence electrons. The lowest BCUT2D eigenvalue weighted by Crippen LogP contribution is -2.52. The Labute approximate surface area is 173 Å². The van der Waals surface area contributed by atoms with Crippen LogP contribution in [0.1, 0.15) is 58.5 Å². The number of aryl methyl sites for hydroxylation is 1. The molecule has 0 N–H and O–H groups in total. The van der Waals surface area contributed by atoms with Gasteiger partial charge in [0.05, 0.1) is 7.11 Å². The number of methoxy groups -OCH3 is 1. The van der Waals surface area contributed by atoms with Crippen molar-refractivity contribution in [2.75, 3.05) is 26.7 Å². The third-order valence-electron chi connectivity index (χ3n) is 6.80. The van der Waals surface area contributed by atoms with Gasteiger partial charge in [-0.2, -0.15) is 0 Å². The van der Waals surface area contributed by atoms with Crippen LogP contribution < -0.4 is 4.74 Å². The predicted molar refractivity (Wildman–Crippen MR) is 114 cm³/mol. The van der Waals surface area contributed by atoms with Crippen LogP contribution in [0.4, 0.5) is 0 Å². The van der Waals surface area contributed by atoms with Gasteiger partial charge in [0.25, 0.3) is 5.91 Å². The number of aromatic nitrogens is 1. The summed E-state index contributed by atoms with van der Waals surface area (Å²) in [7, 11) is 1.73. The average molecular weight is 394 g/mol. The summed E-state index contributed by atoms with van der Waals surface area (Å²) in [5.74, 6) is 1.02. The fourth-order valence-electron chi connectivity index (χ4n) is 4.89. The molecular weight excluding hydrogens is 362 g/mol. The number of hydrogen-bond donors (Lipinski definition) is 0. The van der Waals surface area contributed by atoms with Crippen LogP contribution >= 0.6 is 0 Å². The van der Waals surface area contributed by atoms with E-state index in [1.807, 2.05) is 23.2 Å². The Morgan fingerprint density at radius 1 is 1.14 bits per heavy atom. The van der Waals surface area contributed by atoms with Gasteiger partial charge in [0.15, 0.2) is 0 Å². The third kappa shape index (κ3) is 3.64. The van der Waals surface area contributed by atoms with Crippen LogP contribution in [0.2, 0.25) is 0 Å². The van der Waals surface area contributed by atoms with E-state index in [0.29, 0.717) is 17.8 Å². The second-order valence-corrected chi connectivity index (χ2v) is 8.25. The summed E-state index contributed by atoms with van der Waals surface area (Å²) >= 11 is 0. The number of ether oxygens (including phenoxy) is 1. The maximum absolute atomic E-state index is 12.9. The van der Waals surface area contributed by atoms with E-state index in [9.17, 15) is 4.79 Å². The zero-order valence-corrected chi connectivity index (χ0v) is 17.9. The lowest BCUT2D eigenvalue weighted by molar-refractivity contribution is 0.0492. The number of benzene rings is 1. The molecule has 0 bridgehead atoms. The highest BCUT2D eigenvalue weighted by Gasteiger charge is 2.40. The number of nitrogens with zero attached hydrogens (tertiary/aromatic N) is 3. The minimum Gasteiger partial charge on any atom is -0.496 e. The maximum Gasteiger partial charge on any atom is 0.272 e. The highest BCUT2D eigenvalue weighted by molar-refractivity contribution is 5.92. The molecule has 2 aliphatic rings. The van der Waals surface area contributed by atoms with Crippen molar-refractivity contribution < 1.29 is 9.53 Å². The average Bonchev–Trinajstić information content (AvgIpc) is 3.18. The quantitative estimate of drug-likeness (QED) is 0.790. The van der Waals surface area contributed by atoms with Crippen LogP contribution in [-0.4, -0.2) is 53.5 Å². The number of fused-ring (bicyclic) bond motifs is 1. The van der Waals surface area contributed by atoms with Crippen molar-refractivity contribution in [3.05, 3.63) is 58.4 Å². The molecule has 2 fully saturated rings. The van der Waals surface area contributed by atoms with E-state index in [1.54, 1.807) is 7.11 Å². The molecule has 0 unspecified atom stereocenters. The summed E-state index contributed by atoms with van der Waals surface area (Å²) < 4.78 is 5.48. The van der Waals surface area contributed by atoms with Gasteiger partial charge in [0.1, 0.15) is 11.4 Å². The van der Waals surface area contributed by atoms with Gasteiger partial charge in [-0.15, -0.1) is 0 Å². The number of hydrogen-bond acceptors (Lipinski definition) is 4. The van der Waals surface area contributed by atoms with E-state index in [2.05, 4.69) is 42.8 Å². The molecule has 0 aliphatic carbocycles. The Morgan fingerprint density at radius 2 is 1.97 bits per heavy atom. The monoisotopic (exact) mass is 393 g/mol. The second-order valence-electron chi connectivity index (χ2n) is 8.25. The molecule has 2 atom stereocenters. The first-order valence-electron chi connectivity index (χ1n) is 10.7. The first-order chi connectivity index (χ1) is 14.0. The zero-order valence-electron chi connectivity index (χ0n) is 17.9. The van der Waals surface area contributed by atoms with Crippen LogP contribution in [-0.2, 0) is 6.42 Å². The molecular formula is C24H31N3O2. The molecule has 2 aromatic rings. The molecule has 1 amide bonds. The smallest absolute Gasteiger partial charge is 0.272 e. The minimum atomic E-state index is 0.0622. The lowest BCUT2D eigenvalue weighted by Gasteiger charge is -2.40. The van der Waals surface area contributed by atoms with Gasteiger partial charge in [0, 0.05) is 37.9 Å². The van der Waals surface area contributed by atoms with Crippen LogP contribution in [0, 0.1) is 13.8 Å². The molecule has 5 nitrogen and oxygen atoms in total. The van der Waals surface area contributed by atoms with E-state index in [0.717, 1.165) is 50.2 Å². The number of pyridine rings is 1. The first kappa shape index (κ1) is 19.9. The van der Waals surface area contributed by atoms with Crippen molar-refractivity contribution in [1.82, 2.24) is 14.8 Å². The highest BCUT2D eigenvalue weighted by Crippen LogP contribution is 2.41. The van der Waals surface area contributed by atoms with E-state index in [1.165, 1.54) is 16.7 Å². The van der Waals surface area contributed by atoms with Gasteiger partial charge in [-0.1, -0.05) is 19.1 Å². The Morgan fingerprint density at radius 3 is 2.66 bits per heavy atom. The first-order valence-corrected chi connectivity index (χ1v) is 10.7. The molecule has 1 aromatic heterocycles. The van der Waals surface area contributed by atoms with Gasteiger partial charge in [0.2, 0.25) is 0 Å². The Balaban J connectivity index is 1.47. The van der Waals surface area contributed by atoms with Crippen molar-refractivity contribution in [3.8, 4) is 5.75 Å². The molecule has 2 aliphatic heterocycles. The maximum atomic E-state index is 12.9. The number of carbonyl (C=O) groups excluding carboxylic acids is 1.